The van der Waals surface area contributed by atoms with E-state index in [0.717, 1.165) is 20.9 Å². The van der Waals surface area contributed by atoms with Gasteiger partial charge < -0.3 is 30.2 Å². The first-order chi connectivity index (χ1) is 17.2. The van der Waals surface area contributed by atoms with Crippen molar-refractivity contribution in [1.82, 2.24) is 24.4 Å². The molecule has 5 N–H and O–H groups in total. The maximum atomic E-state index is 12.1. The third-order valence-electron chi connectivity index (χ3n) is 6.33. The average Bonchev–Trinajstić information content (AvgIpc) is 3.40. The van der Waals surface area contributed by atoms with Gasteiger partial charge in [-0.3, -0.25) is 5.32 Å². The number of fused-ring (bicyclic) bond motifs is 2. The Bertz CT molecular complexity index is 1440. The highest BCUT2D eigenvalue weighted by atomic mass is 79.9. The Morgan fingerprint density at radius 2 is 2.03 bits per heavy atom. The van der Waals surface area contributed by atoms with Gasteiger partial charge in [0.05, 0.1) is 21.5 Å². The summed E-state index contributed by atoms with van der Waals surface area (Å²) < 4.78 is 8.51. The van der Waals surface area contributed by atoms with Gasteiger partial charge in [-0.1, -0.05) is 12.1 Å². The van der Waals surface area contributed by atoms with Crippen molar-refractivity contribution in [3.8, 4) is 0 Å². The summed E-state index contributed by atoms with van der Waals surface area (Å²) in [5, 5.41) is 25.8. The van der Waals surface area contributed by atoms with Crippen LogP contribution in [0.15, 0.2) is 47.3 Å². The van der Waals surface area contributed by atoms with Crippen LogP contribution in [0.2, 0.25) is 0 Å². The molecule has 0 spiro atoms. The maximum absolute atomic E-state index is 12.1. The normalized spacial score (nSPS) is 21.8. The second-order valence-corrected chi connectivity index (χ2v) is 9.83. The molecule has 2 amide bonds. The first-order valence-corrected chi connectivity index (χ1v) is 12.2. The number of halogens is 1. The summed E-state index contributed by atoms with van der Waals surface area (Å²) in [7, 11) is 3.26. The van der Waals surface area contributed by atoms with Crippen LogP contribution in [0.25, 0.3) is 21.9 Å². The molecular weight excluding hydrogens is 530 g/mol. The van der Waals surface area contributed by atoms with E-state index in [4.69, 9.17) is 10.5 Å². The van der Waals surface area contributed by atoms with Crippen LogP contribution >= 0.6 is 15.9 Å². The number of nitrogens with zero attached hydrogens (tertiary/aromatic N) is 5. The van der Waals surface area contributed by atoms with Gasteiger partial charge in [0.25, 0.3) is 0 Å². The van der Waals surface area contributed by atoms with Crippen LogP contribution in [-0.2, 0) is 11.2 Å². The third-order valence-corrected chi connectivity index (χ3v) is 6.97. The van der Waals surface area contributed by atoms with E-state index in [-0.39, 0.29) is 6.03 Å². The van der Waals surface area contributed by atoms with Gasteiger partial charge >= 0.3 is 6.03 Å². The number of nitrogens with one attached hydrogen (secondary N) is 1. The lowest BCUT2D eigenvalue weighted by Crippen LogP contribution is -2.31. The van der Waals surface area contributed by atoms with E-state index in [2.05, 4.69) is 36.2 Å². The standard InChI is InChI=1S/C24H26BrN7O4/c1-31(2)24(35)30-21-14-7-8-32(22(14)28-11-27-21)23-19(34)18(33)17(36-23)6-4-12-3-5-13-10-15(25)20(26)29-16(13)9-12/h3,5,7-11,17-19,23,33-34H,4,6H2,1-2H3,(H2,26,29)(H,27,28,30,35)/t17-,18-,19-,23-/m1/s1. The lowest BCUT2D eigenvalue weighted by atomic mass is 10.0. The van der Waals surface area contributed by atoms with Crippen molar-refractivity contribution in [2.45, 2.75) is 37.4 Å². The van der Waals surface area contributed by atoms with E-state index < -0.39 is 24.5 Å². The van der Waals surface area contributed by atoms with Crippen molar-refractivity contribution in [2.24, 2.45) is 0 Å². The van der Waals surface area contributed by atoms with Crippen molar-refractivity contribution >= 4 is 55.5 Å². The first-order valence-electron chi connectivity index (χ1n) is 11.4. The predicted octanol–water partition coefficient (Wildman–Crippen LogP) is 2.67. The Labute approximate surface area is 215 Å². The smallest absolute Gasteiger partial charge is 0.322 e. The molecule has 0 radical (unpaired) electrons. The topological polar surface area (TPSA) is 152 Å². The van der Waals surface area contributed by atoms with Gasteiger partial charge in [-0.25, -0.2) is 19.7 Å². The molecule has 1 saturated heterocycles. The number of nitrogen functional groups attached to an aromatic ring is 1. The Morgan fingerprint density at radius 1 is 1.22 bits per heavy atom. The molecule has 0 aliphatic carbocycles. The van der Waals surface area contributed by atoms with Crippen molar-refractivity contribution in [3.05, 3.63) is 52.9 Å². The molecule has 5 rings (SSSR count). The summed E-state index contributed by atoms with van der Waals surface area (Å²) in [6, 6.07) is 9.28. The zero-order chi connectivity index (χ0) is 25.6. The Hall–Kier alpha value is -3.32. The molecule has 1 fully saturated rings. The summed E-state index contributed by atoms with van der Waals surface area (Å²) in [4.78, 5) is 26.4. The van der Waals surface area contributed by atoms with Crippen LogP contribution < -0.4 is 11.1 Å². The minimum absolute atomic E-state index is 0.324. The number of aliphatic hydroxyl groups is 2. The molecule has 4 atom stereocenters. The number of anilines is 2. The summed E-state index contributed by atoms with van der Waals surface area (Å²) in [5.74, 6) is 0.770. The number of aromatic nitrogens is 4. The van der Waals surface area contributed by atoms with Crippen LogP contribution in [0.3, 0.4) is 0 Å². The third kappa shape index (κ3) is 4.48. The molecule has 4 aromatic rings. The van der Waals surface area contributed by atoms with Gasteiger partial charge in [0, 0.05) is 25.7 Å². The molecule has 3 aromatic heterocycles. The molecule has 1 aromatic carbocycles. The molecule has 0 unspecified atom stereocenters. The summed E-state index contributed by atoms with van der Waals surface area (Å²) in [6.45, 7) is 0. The minimum Gasteiger partial charge on any atom is -0.388 e. The number of amides is 2. The number of urea groups is 1. The average molecular weight is 556 g/mol. The molecule has 1 aliphatic rings. The van der Waals surface area contributed by atoms with Crippen LogP contribution in [0.5, 0.6) is 0 Å². The van der Waals surface area contributed by atoms with Crippen molar-refractivity contribution < 1.29 is 19.7 Å². The summed E-state index contributed by atoms with van der Waals surface area (Å²) in [5.41, 5.74) is 8.20. The lowest BCUT2D eigenvalue weighted by Gasteiger charge is -2.17. The van der Waals surface area contributed by atoms with Gasteiger partial charge in [0.1, 0.15) is 35.8 Å². The number of carbonyl (C=O) groups is 1. The number of hydrogen-bond acceptors (Lipinski definition) is 8. The molecule has 36 heavy (non-hydrogen) atoms. The monoisotopic (exact) mass is 555 g/mol. The van der Waals surface area contributed by atoms with E-state index in [0.29, 0.717) is 35.5 Å². The second kappa shape index (κ2) is 9.62. The highest BCUT2D eigenvalue weighted by Gasteiger charge is 2.43. The molecule has 0 bridgehead atoms. The number of hydrogen-bond donors (Lipinski definition) is 4. The van der Waals surface area contributed by atoms with Crippen molar-refractivity contribution in [1.29, 1.82) is 0 Å². The number of aliphatic hydroxyl groups excluding tert-OH is 2. The molecule has 4 heterocycles. The van der Waals surface area contributed by atoms with E-state index >= 15 is 0 Å². The van der Waals surface area contributed by atoms with Gasteiger partial charge in [-0.05, 0) is 52.5 Å². The Balaban J connectivity index is 1.33. The van der Waals surface area contributed by atoms with Crippen LogP contribution in [0.1, 0.15) is 18.2 Å². The number of nitrogens with two attached hydrogens (primary N) is 1. The molecule has 0 saturated carbocycles. The number of carbonyl (C=O) groups excluding carboxylic acids is 1. The van der Waals surface area contributed by atoms with Gasteiger partial charge in [-0.15, -0.1) is 0 Å². The Kier molecular flexibility index (Phi) is 6.51. The van der Waals surface area contributed by atoms with Crippen LogP contribution in [0, 0.1) is 0 Å². The fourth-order valence-corrected chi connectivity index (χ4v) is 4.69. The highest BCUT2D eigenvalue weighted by Crippen LogP contribution is 2.35. The highest BCUT2D eigenvalue weighted by molar-refractivity contribution is 9.10. The zero-order valence-electron chi connectivity index (χ0n) is 19.7. The molecule has 1 aliphatic heterocycles. The van der Waals surface area contributed by atoms with Crippen molar-refractivity contribution in [2.75, 3.05) is 25.1 Å². The van der Waals surface area contributed by atoms with Crippen LogP contribution in [0.4, 0.5) is 16.4 Å². The van der Waals surface area contributed by atoms with Gasteiger partial charge in [0.15, 0.2) is 6.23 Å². The van der Waals surface area contributed by atoms with Crippen LogP contribution in [-0.4, -0.2) is 73.1 Å². The van der Waals surface area contributed by atoms with E-state index in [1.165, 1.54) is 11.2 Å². The number of rotatable bonds is 5. The van der Waals surface area contributed by atoms with E-state index in [1.54, 1.807) is 30.9 Å². The first kappa shape index (κ1) is 24.4. The van der Waals surface area contributed by atoms with E-state index in [9.17, 15) is 15.0 Å². The van der Waals surface area contributed by atoms with Gasteiger partial charge in [-0.2, -0.15) is 0 Å². The van der Waals surface area contributed by atoms with E-state index in [1.807, 2.05) is 24.3 Å². The summed E-state index contributed by atoms with van der Waals surface area (Å²) >= 11 is 3.39. The fourth-order valence-electron chi connectivity index (χ4n) is 4.35. The summed E-state index contributed by atoms with van der Waals surface area (Å²) in [6.07, 6.45) is 0.474. The molecule has 11 nitrogen and oxygen atoms in total. The molecule has 12 heteroatoms. The number of pyridine rings is 1. The van der Waals surface area contributed by atoms with Gasteiger partial charge in [0.2, 0.25) is 0 Å². The Morgan fingerprint density at radius 3 is 2.81 bits per heavy atom. The largest absolute Gasteiger partial charge is 0.388 e. The number of benzene rings is 1. The minimum atomic E-state index is -1.16. The zero-order valence-corrected chi connectivity index (χ0v) is 21.3. The maximum Gasteiger partial charge on any atom is 0.322 e. The molecule has 188 valence electrons. The number of aryl methyl sites for hydroxylation is 1. The second-order valence-electron chi connectivity index (χ2n) is 8.97. The predicted molar refractivity (Wildman–Crippen MR) is 138 cm³/mol. The lowest BCUT2D eigenvalue weighted by molar-refractivity contribution is -0.0364. The SMILES string of the molecule is CN(C)C(=O)Nc1ncnc2c1ccn2[C@@H]1O[C@H](CCc2ccc3cc(Br)c(N)nc3c2)[C@@H](O)[C@H]1O. The van der Waals surface area contributed by atoms with Crippen molar-refractivity contribution in [3.63, 3.8) is 0 Å². The number of ether oxygens (including phenoxy) is 1. The quantitative estimate of drug-likeness (QED) is 0.293. The molecular formula is C24H26BrN7O4. The fraction of sp³-hybridized carbons (Fsp3) is 0.333.